The van der Waals surface area contributed by atoms with Gasteiger partial charge in [-0.05, 0) is 18.6 Å². The van der Waals surface area contributed by atoms with Crippen LogP contribution in [0.4, 0.5) is 0 Å². The van der Waals surface area contributed by atoms with Crippen LogP contribution in [-0.2, 0) is 5.41 Å². The molecule has 0 unspecified atom stereocenters. The molecule has 0 amide bonds. The predicted molar refractivity (Wildman–Crippen MR) is 55.4 cm³/mol. The zero-order valence-electron chi connectivity index (χ0n) is 7.98. The molecule has 1 rings (SSSR count). The van der Waals surface area contributed by atoms with Crippen molar-refractivity contribution >= 4 is 15.9 Å². The third kappa shape index (κ3) is 1.86. The highest BCUT2D eigenvalue weighted by Crippen LogP contribution is 2.27. The quantitative estimate of drug-likeness (QED) is 0.662. The molecule has 2 heteroatoms. The first kappa shape index (κ1) is 9.72. The standard InChI is InChI=1S/C10H14BrN/c1-7-8(11)5-6-12-9(7)10(2,3)4/h5-6H,1-4H3. The van der Waals surface area contributed by atoms with Crippen LogP contribution in [0, 0.1) is 6.92 Å². The summed E-state index contributed by atoms with van der Waals surface area (Å²) in [5.41, 5.74) is 2.54. The van der Waals surface area contributed by atoms with E-state index in [0.717, 1.165) is 10.2 Å². The summed E-state index contributed by atoms with van der Waals surface area (Å²) >= 11 is 3.50. The molecule has 0 aliphatic carbocycles. The lowest BCUT2D eigenvalue weighted by Crippen LogP contribution is -2.15. The van der Waals surface area contributed by atoms with Gasteiger partial charge in [-0.25, -0.2) is 0 Å². The van der Waals surface area contributed by atoms with Gasteiger partial charge < -0.3 is 0 Å². The minimum absolute atomic E-state index is 0.133. The van der Waals surface area contributed by atoms with Crippen molar-refractivity contribution in [3.63, 3.8) is 0 Å². The van der Waals surface area contributed by atoms with Crippen LogP contribution in [0.2, 0.25) is 0 Å². The molecule has 0 spiro atoms. The number of hydrogen-bond acceptors (Lipinski definition) is 1. The van der Waals surface area contributed by atoms with Gasteiger partial charge in [0.25, 0.3) is 0 Å². The number of nitrogens with zero attached hydrogens (tertiary/aromatic N) is 1. The first-order chi connectivity index (χ1) is 5.43. The third-order valence-corrected chi connectivity index (χ3v) is 2.71. The fraction of sp³-hybridized carbons (Fsp3) is 0.500. The topological polar surface area (TPSA) is 12.9 Å². The van der Waals surface area contributed by atoms with Gasteiger partial charge in [0.15, 0.2) is 0 Å². The molecule has 1 heterocycles. The van der Waals surface area contributed by atoms with Crippen molar-refractivity contribution in [1.82, 2.24) is 4.98 Å². The lowest BCUT2D eigenvalue weighted by Gasteiger charge is -2.20. The van der Waals surface area contributed by atoms with E-state index in [1.807, 2.05) is 12.3 Å². The van der Waals surface area contributed by atoms with E-state index in [-0.39, 0.29) is 5.41 Å². The van der Waals surface area contributed by atoms with Crippen molar-refractivity contribution in [2.45, 2.75) is 33.1 Å². The van der Waals surface area contributed by atoms with Crippen molar-refractivity contribution < 1.29 is 0 Å². The van der Waals surface area contributed by atoms with Gasteiger partial charge in [-0.3, -0.25) is 4.98 Å². The molecule has 0 bridgehead atoms. The predicted octanol–water partition coefficient (Wildman–Crippen LogP) is 3.45. The van der Waals surface area contributed by atoms with Crippen LogP contribution >= 0.6 is 15.9 Å². The molecule has 0 saturated heterocycles. The summed E-state index contributed by atoms with van der Waals surface area (Å²) in [6, 6.07) is 1.98. The maximum Gasteiger partial charge on any atom is 0.0497 e. The third-order valence-electron chi connectivity index (χ3n) is 1.85. The highest BCUT2D eigenvalue weighted by Gasteiger charge is 2.18. The number of rotatable bonds is 0. The van der Waals surface area contributed by atoms with Crippen LogP contribution < -0.4 is 0 Å². The van der Waals surface area contributed by atoms with Crippen LogP contribution in [-0.4, -0.2) is 4.98 Å². The Morgan fingerprint density at radius 2 is 1.92 bits per heavy atom. The van der Waals surface area contributed by atoms with Gasteiger partial charge in [-0.1, -0.05) is 36.7 Å². The van der Waals surface area contributed by atoms with Crippen molar-refractivity contribution in [1.29, 1.82) is 0 Å². The van der Waals surface area contributed by atoms with E-state index >= 15 is 0 Å². The van der Waals surface area contributed by atoms with Crippen molar-refractivity contribution in [2.24, 2.45) is 0 Å². The first-order valence-electron chi connectivity index (χ1n) is 4.04. The Hall–Kier alpha value is -0.370. The molecule has 1 nitrogen and oxygen atoms in total. The average Bonchev–Trinajstić information content (AvgIpc) is 1.92. The van der Waals surface area contributed by atoms with Gasteiger partial charge in [0.2, 0.25) is 0 Å². The second kappa shape index (κ2) is 3.17. The maximum atomic E-state index is 4.38. The van der Waals surface area contributed by atoms with Crippen LogP contribution in [0.1, 0.15) is 32.0 Å². The Balaban J connectivity index is 3.26. The normalized spacial score (nSPS) is 11.8. The summed E-state index contributed by atoms with van der Waals surface area (Å²) < 4.78 is 1.14. The van der Waals surface area contributed by atoms with Crippen molar-refractivity contribution in [2.75, 3.05) is 0 Å². The van der Waals surface area contributed by atoms with Gasteiger partial charge >= 0.3 is 0 Å². The Kier molecular flexibility index (Phi) is 2.57. The largest absolute Gasteiger partial charge is 0.260 e. The van der Waals surface area contributed by atoms with E-state index in [1.54, 1.807) is 0 Å². The summed E-state index contributed by atoms with van der Waals surface area (Å²) in [5, 5.41) is 0. The highest BCUT2D eigenvalue weighted by molar-refractivity contribution is 9.10. The summed E-state index contributed by atoms with van der Waals surface area (Å²) in [7, 11) is 0. The van der Waals surface area contributed by atoms with Gasteiger partial charge in [0.1, 0.15) is 0 Å². The number of pyridine rings is 1. The molecule has 0 aliphatic heterocycles. The highest BCUT2D eigenvalue weighted by atomic mass is 79.9. The van der Waals surface area contributed by atoms with Crippen molar-refractivity contribution in [3.8, 4) is 0 Å². The molecule has 0 atom stereocenters. The summed E-state index contributed by atoms with van der Waals surface area (Å²) in [6.07, 6.45) is 1.84. The van der Waals surface area contributed by atoms with E-state index in [4.69, 9.17) is 0 Å². The average molecular weight is 228 g/mol. The molecule has 1 aromatic rings. The van der Waals surface area contributed by atoms with E-state index in [2.05, 4.69) is 48.6 Å². The van der Waals surface area contributed by atoms with E-state index in [1.165, 1.54) is 5.56 Å². The lowest BCUT2D eigenvalue weighted by atomic mass is 9.89. The van der Waals surface area contributed by atoms with Crippen LogP contribution in [0.25, 0.3) is 0 Å². The maximum absolute atomic E-state index is 4.38. The molecular weight excluding hydrogens is 214 g/mol. The second-order valence-corrected chi connectivity index (χ2v) is 4.87. The number of halogens is 1. The molecule has 0 fully saturated rings. The minimum atomic E-state index is 0.133. The number of hydrogen-bond donors (Lipinski definition) is 0. The molecule has 0 aromatic carbocycles. The summed E-state index contributed by atoms with van der Waals surface area (Å²) in [4.78, 5) is 4.38. The van der Waals surface area contributed by atoms with E-state index < -0.39 is 0 Å². The Bertz CT molecular complexity index is 286. The van der Waals surface area contributed by atoms with Crippen molar-refractivity contribution in [3.05, 3.63) is 28.0 Å². The van der Waals surface area contributed by atoms with Gasteiger partial charge in [0, 0.05) is 21.8 Å². The molecular formula is C10H14BrN. The molecule has 0 N–H and O–H groups in total. The second-order valence-electron chi connectivity index (χ2n) is 4.02. The lowest BCUT2D eigenvalue weighted by molar-refractivity contribution is 0.563. The van der Waals surface area contributed by atoms with Gasteiger partial charge in [-0.15, -0.1) is 0 Å². The van der Waals surface area contributed by atoms with Crippen LogP contribution in [0.15, 0.2) is 16.7 Å². The van der Waals surface area contributed by atoms with Crippen LogP contribution in [0.5, 0.6) is 0 Å². The Labute approximate surface area is 82.3 Å². The molecule has 1 aromatic heterocycles. The van der Waals surface area contributed by atoms with Crippen LogP contribution in [0.3, 0.4) is 0 Å². The SMILES string of the molecule is Cc1c(Br)ccnc1C(C)(C)C. The molecule has 0 saturated carbocycles. The first-order valence-corrected chi connectivity index (χ1v) is 4.84. The van der Waals surface area contributed by atoms with Gasteiger partial charge in [0.05, 0.1) is 0 Å². The Morgan fingerprint density at radius 3 is 2.33 bits per heavy atom. The van der Waals surface area contributed by atoms with E-state index in [0.29, 0.717) is 0 Å². The molecule has 12 heavy (non-hydrogen) atoms. The molecule has 66 valence electrons. The van der Waals surface area contributed by atoms with Gasteiger partial charge in [-0.2, -0.15) is 0 Å². The Morgan fingerprint density at radius 1 is 1.33 bits per heavy atom. The zero-order chi connectivity index (χ0) is 9.35. The molecule has 0 aliphatic rings. The molecule has 0 radical (unpaired) electrons. The number of aromatic nitrogens is 1. The summed E-state index contributed by atoms with van der Waals surface area (Å²) in [5.74, 6) is 0. The monoisotopic (exact) mass is 227 g/mol. The summed E-state index contributed by atoms with van der Waals surface area (Å²) in [6.45, 7) is 8.62. The zero-order valence-corrected chi connectivity index (χ0v) is 9.57. The fourth-order valence-corrected chi connectivity index (χ4v) is 1.57. The fourth-order valence-electron chi connectivity index (χ4n) is 1.27. The smallest absolute Gasteiger partial charge is 0.0497 e. The van der Waals surface area contributed by atoms with E-state index in [9.17, 15) is 0 Å². The minimum Gasteiger partial charge on any atom is -0.260 e.